The third-order valence-electron chi connectivity index (χ3n) is 4.46. The van der Waals surface area contributed by atoms with Gasteiger partial charge in [-0.3, -0.25) is 9.59 Å². The van der Waals surface area contributed by atoms with Crippen LogP contribution in [0, 0.1) is 6.92 Å². The van der Waals surface area contributed by atoms with Crippen LogP contribution >= 0.6 is 11.6 Å². The summed E-state index contributed by atoms with van der Waals surface area (Å²) in [4.78, 5) is 25.4. The zero-order valence-electron chi connectivity index (χ0n) is 14.3. The van der Waals surface area contributed by atoms with E-state index in [4.69, 9.17) is 11.6 Å². The lowest BCUT2D eigenvalue weighted by molar-refractivity contribution is -0.893. The first-order valence-corrected chi connectivity index (χ1v) is 9.09. The number of nitrogens with one attached hydrogen (secondary N) is 3. The molecular weight excluding hydrogens is 326 g/mol. The summed E-state index contributed by atoms with van der Waals surface area (Å²) in [5.41, 5.74) is 1.50. The molecule has 1 aromatic carbocycles. The largest absolute Gasteiger partial charge is 0.342 e. The van der Waals surface area contributed by atoms with E-state index in [9.17, 15) is 9.59 Å². The molecule has 1 aromatic rings. The van der Waals surface area contributed by atoms with Gasteiger partial charge in [-0.2, -0.15) is 0 Å². The normalized spacial score (nSPS) is 16.1. The molecule has 0 atom stereocenters. The summed E-state index contributed by atoms with van der Waals surface area (Å²) in [6.07, 6.45) is 6.18. The van der Waals surface area contributed by atoms with E-state index in [1.54, 1.807) is 18.2 Å². The van der Waals surface area contributed by atoms with Gasteiger partial charge in [-0.05, 0) is 50.3 Å². The van der Waals surface area contributed by atoms with E-state index in [-0.39, 0.29) is 18.4 Å². The molecule has 0 radical (unpaired) electrons. The Labute approximate surface area is 148 Å². The maximum atomic E-state index is 12.1. The van der Waals surface area contributed by atoms with Gasteiger partial charge in [0.1, 0.15) is 0 Å². The number of carbonyl (C=O) groups excluding carboxylic acids is 2. The fraction of sp³-hybridized carbons (Fsp3) is 0.556. The van der Waals surface area contributed by atoms with Crippen LogP contribution in [-0.4, -0.2) is 38.0 Å². The third-order valence-corrected chi connectivity index (χ3v) is 4.87. The maximum Gasteiger partial charge on any atom is 0.275 e. The van der Waals surface area contributed by atoms with Crippen LogP contribution in [-0.2, 0) is 9.59 Å². The van der Waals surface area contributed by atoms with Crippen LogP contribution in [0.15, 0.2) is 18.2 Å². The zero-order chi connectivity index (χ0) is 17.4. The Balaban J connectivity index is 1.74. The zero-order valence-corrected chi connectivity index (χ0v) is 15.0. The van der Waals surface area contributed by atoms with Crippen LogP contribution < -0.4 is 15.5 Å². The molecule has 1 saturated heterocycles. The minimum atomic E-state index is -0.239. The van der Waals surface area contributed by atoms with Crippen LogP contribution in [0.2, 0.25) is 5.02 Å². The van der Waals surface area contributed by atoms with Crippen molar-refractivity contribution in [1.82, 2.24) is 5.32 Å². The van der Waals surface area contributed by atoms with E-state index in [1.807, 2.05) is 6.92 Å². The molecule has 0 aliphatic carbocycles. The second-order valence-electron chi connectivity index (χ2n) is 6.43. The molecule has 6 heteroatoms. The van der Waals surface area contributed by atoms with Gasteiger partial charge in [0.25, 0.3) is 5.91 Å². The highest BCUT2D eigenvalue weighted by Crippen LogP contribution is 2.22. The summed E-state index contributed by atoms with van der Waals surface area (Å²) in [5.74, 6) is -0.306. The number of hydrogen-bond acceptors (Lipinski definition) is 2. The Kier molecular flexibility index (Phi) is 7.53. The SMILES string of the molecule is Cc1c(Cl)cccc1NC(=O)CNC(=O)C[NH+]1CCCCCCC1. The van der Waals surface area contributed by atoms with Gasteiger partial charge >= 0.3 is 0 Å². The second kappa shape index (κ2) is 9.64. The van der Waals surface area contributed by atoms with Crippen molar-refractivity contribution in [3.63, 3.8) is 0 Å². The molecule has 2 amide bonds. The van der Waals surface area contributed by atoms with Crippen molar-refractivity contribution >= 4 is 29.1 Å². The van der Waals surface area contributed by atoms with Gasteiger partial charge < -0.3 is 15.5 Å². The smallest absolute Gasteiger partial charge is 0.275 e. The topological polar surface area (TPSA) is 62.6 Å². The Morgan fingerprint density at radius 1 is 1.08 bits per heavy atom. The summed E-state index contributed by atoms with van der Waals surface area (Å²) in [6, 6.07) is 5.36. The second-order valence-corrected chi connectivity index (χ2v) is 6.84. The number of benzene rings is 1. The maximum absolute atomic E-state index is 12.1. The first kappa shape index (κ1) is 18.7. The van der Waals surface area contributed by atoms with E-state index in [2.05, 4.69) is 10.6 Å². The fourth-order valence-electron chi connectivity index (χ4n) is 2.99. The van der Waals surface area contributed by atoms with Gasteiger partial charge in [-0.25, -0.2) is 0 Å². The highest BCUT2D eigenvalue weighted by atomic mass is 35.5. The van der Waals surface area contributed by atoms with Crippen molar-refractivity contribution < 1.29 is 14.5 Å². The monoisotopic (exact) mass is 352 g/mol. The molecule has 24 heavy (non-hydrogen) atoms. The van der Waals surface area contributed by atoms with E-state index in [0.717, 1.165) is 18.7 Å². The molecule has 2 rings (SSSR count). The summed E-state index contributed by atoms with van der Waals surface area (Å²) < 4.78 is 0. The Morgan fingerprint density at radius 2 is 1.75 bits per heavy atom. The summed E-state index contributed by atoms with van der Waals surface area (Å²) in [5, 5.41) is 6.11. The standard InChI is InChI=1S/C18H26ClN3O2/c1-14-15(19)8-7-9-16(14)21-17(23)12-20-18(24)13-22-10-5-3-2-4-6-11-22/h7-9H,2-6,10-13H2,1H3,(H,20,24)(H,21,23)/p+1. The van der Waals surface area contributed by atoms with Gasteiger partial charge in [-0.1, -0.05) is 24.1 Å². The minimum absolute atomic E-state index is 0.0158. The summed E-state index contributed by atoms with van der Waals surface area (Å²) in [6.45, 7) is 4.37. The van der Waals surface area contributed by atoms with E-state index >= 15 is 0 Å². The number of anilines is 1. The first-order valence-electron chi connectivity index (χ1n) is 8.71. The number of quaternary nitrogens is 1. The van der Waals surface area contributed by atoms with Crippen molar-refractivity contribution in [2.75, 3.05) is 31.5 Å². The lowest BCUT2D eigenvalue weighted by Gasteiger charge is -2.21. The van der Waals surface area contributed by atoms with Gasteiger partial charge in [0.2, 0.25) is 5.91 Å². The number of likely N-dealkylation sites (tertiary alicyclic amines) is 1. The van der Waals surface area contributed by atoms with Gasteiger partial charge in [0, 0.05) is 10.7 Å². The van der Waals surface area contributed by atoms with Gasteiger partial charge in [-0.15, -0.1) is 0 Å². The summed E-state index contributed by atoms with van der Waals surface area (Å²) >= 11 is 6.03. The number of carbonyl (C=O) groups is 2. The lowest BCUT2D eigenvalue weighted by Crippen LogP contribution is -3.13. The van der Waals surface area contributed by atoms with Gasteiger partial charge in [0.05, 0.1) is 19.6 Å². The van der Waals surface area contributed by atoms with Crippen molar-refractivity contribution in [2.45, 2.75) is 39.0 Å². The molecule has 0 unspecified atom stereocenters. The Bertz CT molecular complexity index is 569. The average Bonchev–Trinajstić information content (AvgIpc) is 2.52. The average molecular weight is 353 g/mol. The molecule has 5 nitrogen and oxygen atoms in total. The van der Waals surface area contributed by atoms with Crippen molar-refractivity contribution in [3.8, 4) is 0 Å². The number of amides is 2. The molecule has 0 saturated carbocycles. The number of hydrogen-bond donors (Lipinski definition) is 3. The Hall–Kier alpha value is -1.59. The Morgan fingerprint density at radius 3 is 2.46 bits per heavy atom. The van der Waals surface area contributed by atoms with Crippen molar-refractivity contribution in [1.29, 1.82) is 0 Å². The predicted octanol–water partition coefficient (Wildman–Crippen LogP) is 1.55. The molecular formula is C18H27ClN3O2+. The third kappa shape index (κ3) is 6.13. The number of halogens is 1. The van der Waals surface area contributed by atoms with E-state index in [1.165, 1.54) is 37.0 Å². The molecule has 3 N–H and O–H groups in total. The highest BCUT2D eigenvalue weighted by molar-refractivity contribution is 6.31. The molecule has 1 heterocycles. The van der Waals surface area contributed by atoms with Crippen LogP contribution in [0.25, 0.3) is 0 Å². The molecule has 132 valence electrons. The molecule has 0 aromatic heterocycles. The summed E-state index contributed by atoms with van der Waals surface area (Å²) in [7, 11) is 0. The molecule has 1 aliphatic rings. The predicted molar refractivity (Wildman–Crippen MR) is 96.5 cm³/mol. The quantitative estimate of drug-likeness (QED) is 0.753. The van der Waals surface area contributed by atoms with Crippen LogP contribution in [0.5, 0.6) is 0 Å². The number of rotatable bonds is 5. The lowest BCUT2D eigenvalue weighted by atomic mass is 10.1. The van der Waals surface area contributed by atoms with Gasteiger partial charge in [0.15, 0.2) is 6.54 Å². The molecule has 1 fully saturated rings. The van der Waals surface area contributed by atoms with Crippen LogP contribution in [0.4, 0.5) is 5.69 Å². The first-order chi connectivity index (χ1) is 11.6. The minimum Gasteiger partial charge on any atom is -0.342 e. The fourth-order valence-corrected chi connectivity index (χ4v) is 3.16. The molecule has 0 spiro atoms. The molecule has 0 bridgehead atoms. The van der Waals surface area contributed by atoms with Crippen molar-refractivity contribution in [3.05, 3.63) is 28.8 Å². The molecule has 1 aliphatic heterocycles. The van der Waals surface area contributed by atoms with E-state index in [0.29, 0.717) is 17.3 Å². The highest BCUT2D eigenvalue weighted by Gasteiger charge is 2.16. The van der Waals surface area contributed by atoms with Crippen LogP contribution in [0.1, 0.15) is 37.7 Å². The van der Waals surface area contributed by atoms with Crippen LogP contribution in [0.3, 0.4) is 0 Å². The van der Waals surface area contributed by atoms with Crippen molar-refractivity contribution in [2.24, 2.45) is 0 Å². The van der Waals surface area contributed by atoms with E-state index < -0.39 is 0 Å².